The van der Waals surface area contributed by atoms with Crippen LogP contribution in [0.2, 0.25) is 0 Å². The minimum Gasteiger partial charge on any atom is -0.476 e. The molecule has 1 atom stereocenters. The number of aryl methyl sites for hydroxylation is 1. The van der Waals surface area contributed by atoms with Gasteiger partial charge in [-0.15, -0.1) is 0 Å². The fraction of sp³-hybridized carbons (Fsp3) is 0.200. The predicted molar refractivity (Wildman–Crippen MR) is 81.9 cm³/mol. The fourth-order valence-electron chi connectivity index (χ4n) is 2.43. The van der Waals surface area contributed by atoms with Crippen molar-refractivity contribution in [2.45, 2.75) is 19.1 Å². The first-order valence-electron chi connectivity index (χ1n) is 6.58. The number of benzene rings is 1. The van der Waals surface area contributed by atoms with Gasteiger partial charge in [-0.1, -0.05) is 29.5 Å². The van der Waals surface area contributed by atoms with Crippen molar-refractivity contribution in [3.63, 3.8) is 0 Å². The number of carboxylic acids is 1. The predicted octanol–water partition coefficient (Wildman–Crippen LogP) is 2.19. The Morgan fingerprint density at radius 1 is 1.27 bits per heavy atom. The van der Waals surface area contributed by atoms with Crippen LogP contribution in [0.1, 0.15) is 44.1 Å². The molecule has 0 aliphatic carbocycles. The van der Waals surface area contributed by atoms with Crippen LogP contribution in [-0.4, -0.2) is 26.0 Å². The van der Waals surface area contributed by atoms with Gasteiger partial charge in [0.2, 0.25) is 5.12 Å². The molecule has 1 unspecified atom stereocenters. The van der Waals surface area contributed by atoms with Crippen LogP contribution in [-0.2, 0) is 0 Å². The summed E-state index contributed by atoms with van der Waals surface area (Å²) in [7, 11) is 0. The zero-order valence-electron chi connectivity index (χ0n) is 11.9. The zero-order chi connectivity index (χ0) is 16.0. The molecule has 1 N–H and O–H groups in total. The number of hydrogen-bond donors (Lipinski definition) is 1. The number of rotatable bonds is 2. The lowest BCUT2D eigenvalue weighted by molar-refractivity contribution is 0.0687. The second kappa shape index (κ2) is 5.10. The SMILES string of the molecule is Cc1ccc(-n2nc(C(=O)O)c3c(c2=O)C(=O)SC3C)cc1. The Labute approximate surface area is 129 Å². The Morgan fingerprint density at radius 3 is 2.50 bits per heavy atom. The first-order valence-corrected chi connectivity index (χ1v) is 7.46. The smallest absolute Gasteiger partial charge is 0.356 e. The van der Waals surface area contributed by atoms with Crippen molar-refractivity contribution in [3.8, 4) is 5.69 Å². The van der Waals surface area contributed by atoms with E-state index in [1.54, 1.807) is 31.2 Å². The molecular formula is C15H12N2O4S. The molecule has 0 saturated heterocycles. The third kappa shape index (κ3) is 2.14. The van der Waals surface area contributed by atoms with Gasteiger partial charge in [-0.25, -0.2) is 4.79 Å². The summed E-state index contributed by atoms with van der Waals surface area (Å²) < 4.78 is 0.984. The Hall–Kier alpha value is -2.41. The van der Waals surface area contributed by atoms with Gasteiger partial charge >= 0.3 is 5.97 Å². The number of hydrogen-bond acceptors (Lipinski definition) is 5. The molecule has 6 nitrogen and oxygen atoms in total. The van der Waals surface area contributed by atoms with E-state index in [-0.39, 0.29) is 22.1 Å². The highest BCUT2D eigenvalue weighted by Crippen LogP contribution is 2.40. The largest absolute Gasteiger partial charge is 0.476 e. The topological polar surface area (TPSA) is 89.3 Å². The monoisotopic (exact) mass is 316 g/mol. The van der Waals surface area contributed by atoms with E-state index in [9.17, 15) is 19.5 Å². The molecule has 3 rings (SSSR count). The standard InChI is InChI=1S/C15H12N2O4S/c1-7-3-5-9(6-4-7)17-13(18)11-10(8(2)22-15(11)21)12(16-17)14(19)20/h3-6,8H,1-2H3,(H,19,20). The first-order chi connectivity index (χ1) is 10.4. The van der Waals surface area contributed by atoms with Crippen LogP contribution in [0.4, 0.5) is 0 Å². The van der Waals surface area contributed by atoms with Gasteiger partial charge < -0.3 is 5.11 Å². The molecule has 22 heavy (non-hydrogen) atoms. The third-order valence-corrected chi connectivity index (χ3v) is 4.51. The Kier molecular flexibility index (Phi) is 3.37. The summed E-state index contributed by atoms with van der Waals surface area (Å²) in [6, 6.07) is 6.90. The van der Waals surface area contributed by atoms with E-state index in [0.29, 0.717) is 5.69 Å². The van der Waals surface area contributed by atoms with Crippen molar-refractivity contribution in [1.82, 2.24) is 9.78 Å². The lowest BCUT2D eigenvalue weighted by Crippen LogP contribution is -2.29. The number of carboxylic acid groups (broad SMARTS) is 1. The number of aromatic carboxylic acids is 1. The minimum absolute atomic E-state index is 0.0783. The highest BCUT2D eigenvalue weighted by molar-refractivity contribution is 8.14. The van der Waals surface area contributed by atoms with Crippen LogP contribution in [0.3, 0.4) is 0 Å². The van der Waals surface area contributed by atoms with Crippen molar-refractivity contribution >= 4 is 22.8 Å². The fourth-order valence-corrected chi connectivity index (χ4v) is 3.41. The van der Waals surface area contributed by atoms with Gasteiger partial charge in [-0.3, -0.25) is 9.59 Å². The molecule has 0 saturated carbocycles. The van der Waals surface area contributed by atoms with Crippen molar-refractivity contribution in [2.24, 2.45) is 0 Å². The Morgan fingerprint density at radius 2 is 1.91 bits per heavy atom. The van der Waals surface area contributed by atoms with E-state index < -0.39 is 16.6 Å². The summed E-state index contributed by atoms with van der Waals surface area (Å²) in [5, 5.41) is 12.5. The normalized spacial score (nSPS) is 16.6. The zero-order valence-corrected chi connectivity index (χ0v) is 12.7. The number of fused-ring (bicyclic) bond motifs is 1. The molecule has 1 aromatic carbocycles. The number of aromatic nitrogens is 2. The Balaban J connectivity index is 2.34. The highest BCUT2D eigenvalue weighted by atomic mass is 32.2. The summed E-state index contributed by atoms with van der Waals surface area (Å²) in [4.78, 5) is 36.1. The Bertz CT molecular complexity index is 855. The number of carbonyl (C=O) groups excluding carboxylic acids is 1. The summed E-state index contributed by atoms with van der Waals surface area (Å²) in [6.07, 6.45) is 0. The minimum atomic E-state index is -1.25. The van der Waals surface area contributed by atoms with Gasteiger partial charge in [0.1, 0.15) is 5.56 Å². The average molecular weight is 316 g/mol. The molecule has 0 amide bonds. The van der Waals surface area contributed by atoms with Crippen LogP contribution in [0.25, 0.3) is 5.69 Å². The third-order valence-electron chi connectivity index (χ3n) is 3.51. The number of thioether (sulfide) groups is 1. The molecule has 1 aliphatic rings. The van der Waals surface area contributed by atoms with E-state index in [4.69, 9.17) is 0 Å². The van der Waals surface area contributed by atoms with Gasteiger partial charge in [-0.2, -0.15) is 9.78 Å². The quantitative estimate of drug-likeness (QED) is 0.913. The molecule has 1 aliphatic heterocycles. The molecule has 0 bridgehead atoms. The maximum atomic E-state index is 12.6. The lowest BCUT2D eigenvalue weighted by Gasteiger charge is -2.10. The second-order valence-corrected chi connectivity index (χ2v) is 6.36. The molecule has 1 aromatic heterocycles. The maximum Gasteiger partial charge on any atom is 0.356 e. The molecule has 0 fully saturated rings. The summed E-state index contributed by atoms with van der Waals surface area (Å²) in [5.41, 5.74) is 0.739. The van der Waals surface area contributed by atoms with E-state index in [2.05, 4.69) is 5.10 Å². The van der Waals surface area contributed by atoms with Gasteiger partial charge in [-0.05, 0) is 26.0 Å². The van der Waals surface area contributed by atoms with Crippen LogP contribution in [0, 0.1) is 6.92 Å². The molecule has 7 heteroatoms. The lowest BCUT2D eigenvalue weighted by atomic mass is 10.1. The van der Waals surface area contributed by atoms with Gasteiger partial charge in [0, 0.05) is 10.8 Å². The first kappa shape index (κ1) is 14.5. The van der Waals surface area contributed by atoms with Crippen LogP contribution >= 0.6 is 11.8 Å². The van der Waals surface area contributed by atoms with Gasteiger partial charge in [0.05, 0.1) is 5.69 Å². The molecule has 112 valence electrons. The highest BCUT2D eigenvalue weighted by Gasteiger charge is 2.36. The molecule has 2 aromatic rings. The molecule has 0 radical (unpaired) electrons. The van der Waals surface area contributed by atoms with E-state index in [0.717, 1.165) is 22.0 Å². The summed E-state index contributed by atoms with van der Waals surface area (Å²) >= 11 is 0.946. The van der Waals surface area contributed by atoms with Crippen LogP contribution in [0.15, 0.2) is 29.1 Å². The van der Waals surface area contributed by atoms with Crippen LogP contribution in [0.5, 0.6) is 0 Å². The molecular weight excluding hydrogens is 304 g/mol. The average Bonchev–Trinajstić information content (AvgIpc) is 2.76. The second-order valence-electron chi connectivity index (χ2n) is 5.04. The van der Waals surface area contributed by atoms with E-state index in [1.807, 2.05) is 6.92 Å². The van der Waals surface area contributed by atoms with Crippen molar-refractivity contribution in [3.05, 3.63) is 57.0 Å². The summed E-state index contributed by atoms with van der Waals surface area (Å²) in [6.45, 7) is 3.59. The van der Waals surface area contributed by atoms with Crippen molar-refractivity contribution < 1.29 is 14.7 Å². The number of carbonyl (C=O) groups is 2. The summed E-state index contributed by atoms with van der Waals surface area (Å²) in [5.74, 6) is -1.25. The van der Waals surface area contributed by atoms with Crippen molar-refractivity contribution in [2.75, 3.05) is 0 Å². The van der Waals surface area contributed by atoms with E-state index >= 15 is 0 Å². The van der Waals surface area contributed by atoms with Gasteiger partial charge in [0.15, 0.2) is 5.69 Å². The molecule has 0 spiro atoms. The molecule has 2 heterocycles. The van der Waals surface area contributed by atoms with Crippen LogP contribution < -0.4 is 5.56 Å². The maximum absolute atomic E-state index is 12.6. The van der Waals surface area contributed by atoms with E-state index in [1.165, 1.54) is 0 Å². The number of nitrogens with zero attached hydrogens (tertiary/aromatic N) is 2. The van der Waals surface area contributed by atoms with Gasteiger partial charge in [0.25, 0.3) is 5.56 Å². The van der Waals surface area contributed by atoms with Crippen molar-refractivity contribution in [1.29, 1.82) is 0 Å².